The number of carbonyl (C=O) groups excluding carboxylic acids is 1. The van der Waals surface area contributed by atoms with Crippen LogP contribution in [0.5, 0.6) is 11.5 Å². The van der Waals surface area contributed by atoms with E-state index in [9.17, 15) is 9.90 Å². The number of aromatic nitrogens is 1. The van der Waals surface area contributed by atoms with Gasteiger partial charge in [-0.2, -0.15) is 0 Å². The molecule has 0 saturated heterocycles. The molecule has 7 heteroatoms. The molecule has 0 aliphatic carbocycles. The number of methoxy groups -OCH3 is 1. The molecule has 21 heavy (non-hydrogen) atoms. The van der Waals surface area contributed by atoms with Crippen LogP contribution in [0.3, 0.4) is 0 Å². The Hall–Kier alpha value is -1.60. The molecule has 1 aliphatic rings. The highest BCUT2D eigenvalue weighted by atomic mass is 32.2. The lowest BCUT2D eigenvalue weighted by Gasteiger charge is -2.14. The van der Waals surface area contributed by atoms with E-state index in [2.05, 4.69) is 9.98 Å². The summed E-state index contributed by atoms with van der Waals surface area (Å²) in [5.41, 5.74) is -0.402. The summed E-state index contributed by atoms with van der Waals surface area (Å²) in [7, 11) is 1.58. The van der Waals surface area contributed by atoms with Gasteiger partial charge in [0.25, 0.3) is 0 Å². The Kier molecular flexibility index (Phi) is 4.84. The summed E-state index contributed by atoms with van der Waals surface area (Å²) in [5, 5.41) is 10.8. The molecular weight excluding hydrogens is 292 g/mol. The molecule has 1 aromatic heterocycles. The second-order valence-corrected chi connectivity index (χ2v) is 5.85. The van der Waals surface area contributed by atoms with Gasteiger partial charge in [-0.15, -0.1) is 11.8 Å². The molecule has 0 bridgehead atoms. The van der Waals surface area contributed by atoms with Crippen LogP contribution in [0.25, 0.3) is 0 Å². The van der Waals surface area contributed by atoms with Crippen molar-refractivity contribution in [3.63, 3.8) is 0 Å². The van der Waals surface area contributed by atoms with Crippen LogP contribution in [0.15, 0.2) is 17.3 Å². The van der Waals surface area contributed by atoms with Crippen LogP contribution in [0.2, 0.25) is 0 Å². The Morgan fingerprint density at radius 1 is 1.52 bits per heavy atom. The van der Waals surface area contributed by atoms with Crippen molar-refractivity contribution in [2.75, 3.05) is 26.1 Å². The molecule has 0 aromatic carbocycles. The summed E-state index contributed by atoms with van der Waals surface area (Å²) >= 11 is 1.41. The molecule has 114 valence electrons. The quantitative estimate of drug-likeness (QED) is 0.805. The second kappa shape index (κ2) is 6.44. The standard InChI is InChI=1S/C14H18N2O4S/c1-9(17)14(2)8-21-13(16-14)11-12(18)10(4-5-15-11)20-7-6-19-3/h4-5,18H,6-8H2,1-3H3/t14-/m1/s1. The van der Waals surface area contributed by atoms with Gasteiger partial charge in [0.05, 0.1) is 6.61 Å². The van der Waals surface area contributed by atoms with Gasteiger partial charge < -0.3 is 14.6 Å². The van der Waals surface area contributed by atoms with Crippen molar-refractivity contribution in [2.45, 2.75) is 19.4 Å². The first-order chi connectivity index (χ1) is 9.98. The molecule has 2 heterocycles. The van der Waals surface area contributed by atoms with Crippen molar-refractivity contribution in [1.82, 2.24) is 4.98 Å². The molecule has 0 radical (unpaired) electrons. The molecule has 1 aliphatic heterocycles. The Bertz CT molecular complexity index is 576. The predicted octanol–water partition coefficient (Wildman–Crippen LogP) is 1.65. The molecule has 1 N–H and O–H groups in total. The van der Waals surface area contributed by atoms with Crippen LogP contribution in [0, 0.1) is 0 Å². The predicted molar refractivity (Wildman–Crippen MR) is 81.4 cm³/mol. The number of aromatic hydroxyl groups is 1. The van der Waals surface area contributed by atoms with Gasteiger partial charge >= 0.3 is 0 Å². The number of hydrogen-bond acceptors (Lipinski definition) is 7. The molecule has 0 amide bonds. The van der Waals surface area contributed by atoms with Crippen molar-refractivity contribution in [3.05, 3.63) is 18.0 Å². The number of nitrogens with zero attached hydrogens (tertiary/aromatic N) is 2. The lowest BCUT2D eigenvalue weighted by molar-refractivity contribution is -0.120. The van der Waals surface area contributed by atoms with Crippen LogP contribution < -0.4 is 4.74 Å². The summed E-state index contributed by atoms with van der Waals surface area (Å²) in [6, 6.07) is 1.58. The minimum absolute atomic E-state index is 0.00279. The molecule has 0 unspecified atom stereocenters. The normalized spacial score (nSPS) is 21.2. The van der Waals surface area contributed by atoms with E-state index in [1.807, 2.05) is 0 Å². The molecule has 0 saturated carbocycles. The van der Waals surface area contributed by atoms with E-state index in [0.717, 1.165) is 0 Å². The van der Waals surface area contributed by atoms with E-state index in [-0.39, 0.29) is 11.5 Å². The highest BCUT2D eigenvalue weighted by Gasteiger charge is 2.36. The molecule has 1 atom stereocenters. The second-order valence-electron chi connectivity index (χ2n) is 4.88. The fourth-order valence-corrected chi connectivity index (χ4v) is 2.98. The summed E-state index contributed by atoms with van der Waals surface area (Å²) < 4.78 is 10.3. The third-order valence-corrected chi connectivity index (χ3v) is 4.50. The van der Waals surface area contributed by atoms with E-state index in [1.165, 1.54) is 18.7 Å². The first-order valence-corrected chi connectivity index (χ1v) is 7.50. The van der Waals surface area contributed by atoms with Crippen LogP contribution in [0.4, 0.5) is 0 Å². The van der Waals surface area contributed by atoms with Gasteiger partial charge in [-0.05, 0) is 13.8 Å². The van der Waals surface area contributed by atoms with Crippen molar-refractivity contribution in [3.8, 4) is 11.5 Å². The van der Waals surface area contributed by atoms with Gasteiger partial charge in [0.2, 0.25) is 0 Å². The zero-order chi connectivity index (χ0) is 15.5. The first kappa shape index (κ1) is 15.8. The van der Waals surface area contributed by atoms with Gasteiger partial charge in [-0.1, -0.05) is 0 Å². The Balaban J connectivity index is 2.25. The number of ether oxygens (including phenoxy) is 2. The fraction of sp³-hybridized carbons (Fsp3) is 0.500. The Morgan fingerprint density at radius 3 is 2.90 bits per heavy atom. The molecule has 2 rings (SSSR count). The molecular formula is C14H18N2O4S. The number of hydrogen-bond donors (Lipinski definition) is 1. The zero-order valence-corrected chi connectivity index (χ0v) is 13.1. The van der Waals surface area contributed by atoms with E-state index in [1.54, 1.807) is 26.3 Å². The SMILES string of the molecule is COCCOc1ccnc(C2=N[C@@](C)(C(C)=O)CS2)c1O. The fourth-order valence-electron chi connectivity index (χ4n) is 1.74. The number of aliphatic imine (C=N–C) groups is 1. The summed E-state index contributed by atoms with van der Waals surface area (Å²) in [4.78, 5) is 20.2. The maximum Gasteiger partial charge on any atom is 0.186 e. The molecule has 6 nitrogen and oxygen atoms in total. The number of Topliss-reactive ketones (excluding diaryl/α,β-unsaturated/α-hetero) is 1. The van der Waals surface area contributed by atoms with Crippen molar-refractivity contribution in [1.29, 1.82) is 0 Å². The maximum absolute atomic E-state index is 11.6. The van der Waals surface area contributed by atoms with Crippen LogP contribution in [0.1, 0.15) is 19.5 Å². The largest absolute Gasteiger partial charge is 0.503 e. The highest BCUT2D eigenvalue weighted by molar-refractivity contribution is 8.14. The van der Waals surface area contributed by atoms with Crippen molar-refractivity contribution in [2.24, 2.45) is 4.99 Å². The molecule has 0 spiro atoms. The van der Waals surface area contributed by atoms with Crippen LogP contribution in [-0.4, -0.2) is 52.5 Å². The first-order valence-electron chi connectivity index (χ1n) is 6.51. The number of rotatable bonds is 6. The van der Waals surface area contributed by atoms with Gasteiger partial charge in [0.15, 0.2) is 17.3 Å². The zero-order valence-electron chi connectivity index (χ0n) is 12.3. The van der Waals surface area contributed by atoms with E-state index in [4.69, 9.17) is 9.47 Å². The maximum atomic E-state index is 11.6. The third-order valence-electron chi connectivity index (χ3n) is 3.23. The van der Waals surface area contributed by atoms with Crippen molar-refractivity contribution < 1.29 is 19.4 Å². The van der Waals surface area contributed by atoms with Gasteiger partial charge in [0, 0.05) is 25.1 Å². The summed E-state index contributed by atoms with van der Waals surface area (Å²) in [6.07, 6.45) is 1.55. The van der Waals surface area contributed by atoms with Gasteiger partial charge in [0.1, 0.15) is 22.9 Å². The minimum atomic E-state index is -0.749. The Labute approximate surface area is 127 Å². The minimum Gasteiger partial charge on any atom is -0.503 e. The number of ketones is 1. The lowest BCUT2D eigenvalue weighted by atomic mass is 10.0. The number of carbonyl (C=O) groups is 1. The van der Waals surface area contributed by atoms with Gasteiger partial charge in [-0.3, -0.25) is 9.79 Å². The topological polar surface area (TPSA) is 81.0 Å². The van der Waals surface area contributed by atoms with E-state index < -0.39 is 5.54 Å². The lowest BCUT2D eigenvalue weighted by Crippen LogP contribution is -2.31. The highest BCUT2D eigenvalue weighted by Crippen LogP contribution is 2.36. The molecule has 1 aromatic rings. The average molecular weight is 310 g/mol. The smallest absolute Gasteiger partial charge is 0.186 e. The monoisotopic (exact) mass is 310 g/mol. The summed E-state index contributed by atoms with van der Waals surface area (Å²) in [5.74, 6) is 0.814. The Morgan fingerprint density at radius 2 is 2.29 bits per heavy atom. The number of thioether (sulfide) groups is 1. The number of pyridine rings is 1. The van der Waals surface area contributed by atoms with E-state index in [0.29, 0.717) is 35.5 Å². The van der Waals surface area contributed by atoms with Crippen LogP contribution >= 0.6 is 11.8 Å². The van der Waals surface area contributed by atoms with Crippen molar-refractivity contribution >= 4 is 22.6 Å². The third kappa shape index (κ3) is 3.36. The van der Waals surface area contributed by atoms with E-state index >= 15 is 0 Å². The van der Waals surface area contributed by atoms with Gasteiger partial charge in [-0.25, -0.2) is 4.98 Å². The molecule has 0 fully saturated rings. The average Bonchev–Trinajstić information content (AvgIpc) is 2.85. The summed E-state index contributed by atoms with van der Waals surface area (Å²) in [6.45, 7) is 4.06. The van der Waals surface area contributed by atoms with Crippen LogP contribution in [-0.2, 0) is 9.53 Å².